The van der Waals surface area contributed by atoms with Crippen LogP contribution in [0.25, 0.3) is 0 Å². The topological polar surface area (TPSA) is 56.2 Å². The molecule has 2 rings (SSSR count). The highest BCUT2D eigenvalue weighted by Crippen LogP contribution is 2.11. The van der Waals surface area contributed by atoms with Gasteiger partial charge in [-0.1, -0.05) is 0 Å². The molecule has 1 saturated heterocycles. The zero-order valence-electron chi connectivity index (χ0n) is 9.48. The van der Waals surface area contributed by atoms with Gasteiger partial charge in [-0.25, -0.2) is 0 Å². The number of rotatable bonds is 4. The molecule has 0 saturated carbocycles. The van der Waals surface area contributed by atoms with Crippen molar-refractivity contribution in [3.05, 3.63) is 18.0 Å². The van der Waals surface area contributed by atoms with Crippen LogP contribution in [0.2, 0.25) is 0 Å². The molecule has 1 fully saturated rings. The van der Waals surface area contributed by atoms with Crippen molar-refractivity contribution in [3.8, 4) is 0 Å². The Morgan fingerprint density at radius 1 is 1.75 bits per heavy atom. The summed E-state index contributed by atoms with van der Waals surface area (Å²) >= 11 is 0. The summed E-state index contributed by atoms with van der Waals surface area (Å²) in [5.41, 5.74) is 1.02. The first-order chi connectivity index (χ1) is 7.81. The lowest BCUT2D eigenvalue weighted by molar-refractivity contribution is -0.130. The summed E-state index contributed by atoms with van der Waals surface area (Å²) in [6.45, 7) is 4.06. The van der Waals surface area contributed by atoms with Gasteiger partial charge in [0.2, 0.25) is 5.91 Å². The van der Waals surface area contributed by atoms with Crippen molar-refractivity contribution < 1.29 is 9.53 Å². The number of amides is 1. The van der Waals surface area contributed by atoms with E-state index in [1.165, 1.54) is 0 Å². The van der Waals surface area contributed by atoms with Gasteiger partial charge in [-0.2, -0.15) is 5.10 Å². The molecule has 0 spiro atoms. The number of nitrogens with zero attached hydrogens (tertiary/aromatic N) is 2. The van der Waals surface area contributed by atoms with Gasteiger partial charge in [-0.3, -0.25) is 9.48 Å². The lowest BCUT2D eigenvalue weighted by Gasteiger charge is -2.10. The Balaban J connectivity index is 1.84. The van der Waals surface area contributed by atoms with Gasteiger partial charge in [0.15, 0.2) is 0 Å². The average molecular weight is 223 g/mol. The summed E-state index contributed by atoms with van der Waals surface area (Å²) in [5.74, 6) is -0.0126. The molecular weight excluding hydrogens is 206 g/mol. The van der Waals surface area contributed by atoms with Crippen LogP contribution in [-0.4, -0.2) is 28.4 Å². The molecule has 2 heterocycles. The Morgan fingerprint density at radius 2 is 2.62 bits per heavy atom. The Kier molecular flexibility index (Phi) is 3.56. The molecule has 1 atom stereocenters. The highest BCUT2D eigenvalue weighted by Gasteiger charge is 2.23. The Hall–Kier alpha value is -1.36. The third-order valence-corrected chi connectivity index (χ3v) is 2.77. The second-order valence-electron chi connectivity index (χ2n) is 3.86. The fraction of sp³-hybridized carbons (Fsp3) is 0.636. The summed E-state index contributed by atoms with van der Waals surface area (Å²) in [6, 6.07) is 1.92. The molecule has 0 radical (unpaired) electrons. The van der Waals surface area contributed by atoms with Crippen LogP contribution in [0.3, 0.4) is 0 Å². The predicted molar refractivity (Wildman–Crippen MR) is 58.7 cm³/mol. The van der Waals surface area contributed by atoms with Crippen molar-refractivity contribution >= 4 is 5.91 Å². The summed E-state index contributed by atoms with van der Waals surface area (Å²) in [7, 11) is 0. The Morgan fingerprint density at radius 3 is 3.31 bits per heavy atom. The summed E-state index contributed by atoms with van der Waals surface area (Å²) in [4.78, 5) is 11.7. The van der Waals surface area contributed by atoms with Gasteiger partial charge in [0, 0.05) is 19.3 Å². The number of aryl methyl sites for hydroxylation is 1. The SMILES string of the molecule is CCn1nccc1CNC(=O)[C@@H]1CCCO1. The van der Waals surface area contributed by atoms with Gasteiger partial charge in [0.05, 0.1) is 12.2 Å². The lowest BCUT2D eigenvalue weighted by Crippen LogP contribution is -2.34. The fourth-order valence-electron chi connectivity index (χ4n) is 1.87. The third-order valence-electron chi connectivity index (χ3n) is 2.77. The predicted octanol–water partition coefficient (Wildman–Crippen LogP) is 0.698. The first kappa shape index (κ1) is 11.1. The number of hydrogen-bond donors (Lipinski definition) is 1. The number of carbonyl (C=O) groups is 1. The van der Waals surface area contributed by atoms with E-state index in [0.717, 1.165) is 25.1 Å². The molecule has 1 aromatic rings. The van der Waals surface area contributed by atoms with Crippen molar-refractivity contribution in [2.75, 3.05) is 6.61 Å². The van der Waals surface area contributed by atoms with Crippen LogP contribution in [0.15, 0.2) is 12.3 Å². The van der Waals surface area contributed by atoms with Crippen LogP contribution < -0.4 is 5.32 Å². The molecule has 5 nitrogen and oxygen atoms in total. The normalized spacial score (nSPS) is 19.9. The van der Waals surface area contributed by atoms with E-state index in [4.69, 9.17) is 4.74 Å². The van der Waals surface area contributed by atoms with Crippen molar-refractivity contribution in [1.29, 1.82) is 0 Å². The average Bonchev–Trinajstić information content (AvgIpc) is 2.96. The molecule has 0 aliphatic carbocycles. The van der Waals surface area contributed by atoms with Gasteiger partial charge < -0.3 is 10.1 Å². The molecule has 0 aromatic carbocycles. The number of nitrogens with one attached hydrogen (secondary N) is 1. The maximum atomic E-state index is 11.7. The van der Waals surface area contributed by atoms with Crippen molar-refractivity contribution in [2.45, 2.75) is 39.0 Å². The highest BCUT2D eigenvalue weighted by atomic mass is 16.5. The number of aromatic nitrogens is 2. The molecule has 0 bridgehead atoms. The van der Waals surface area contributed by atoms with Crippen LogP contribution in [0.5, 0.6) is 0 Å². The summed E-state index contributed by atoms with van der Waals surface area (Å²) in [6.07, 6.45) is 3.30. The van der Waals surface area contributed by atoms with E-state index in [-0.39, 0.29) is 12.0 Å². The molecule has 1 aromatic heterocycles. The van der Waals surface area contributed by atoms with E-state index >= 15 is 0 Å². The number of ether oxygens (including phenoxy) is 1. The largest absolute Gasteiger partial charge is 0.368 e. The van der Waals surface area contributed by atoms with Gasteiger partial charge in [-0.15, -0.1) is 0 Å². The number of carbonyl (C=O) groups excluding carboxylic acids is 1. The van der Waals surface area contributed by atoms with Crippen LogP contribution in [0.1, 0.15) is 25.5 Å². The van der Waals surface area contributed by atoms with Gasteiger partial charge >= 0.3 is 0 Å². The number of hydrogen-bond acceptors (Lipinski definition) is 3. The van der Waals surface area contributed by atoms with Crippen LogP contribution in [0.4, 0.5) is 0 Å². The van der Waals surface area contributed by atoms with E-state index in [1.54, 1.807) is 6.20 Å². The van der Waals surface area contributed by atoms with Gasteiger partial charge in [-0.05, 0) is 25.8 Å². The standard InChI is InChI=1S/C11H17N3O2/c1-2-14-9(5-6-13-14)8-12-11(15)10-4-3-7-16-10/h5-6,10H,2-4,7-8H2,1H3,(H,12,15)/t10-/m0/s1. The second-order valence-corrected chi connectivity index (χ2v) is 3.86. The molecule has 88 valence electrons. The minimum atomic E-state index is -0.252. The van der Waals surface area contributed by atoms with Crippen molar-refractivity contribution in [3.63, 3.8) is 0 Å². The monoisotopic (exact) mass is 223 g/mol. The maximum Gasteiger partial charge on any atom is 0.249 e. The van der Waals surface area contributed by atoms with Crippen LogP contribution >= 0.6 is 0 Å². The zero-order valence-corrected chi connectivity index (χ0v) is 9.48. The minimum Gasteiger partial charge on any atom is -0.368 e. The molecule has 1 aliphatic heterocycles. The molecule has 5 heteroatoms. The minimum absolute atomic E-state index is 0.0126. The summed E-state index contributed by atoms with van der Waals surface area (Å²) in [5, 5.41) is 7.02. The highest BCUT2D eigenvalue weighted by molar-refractivity contribution is 5.80. The third kappa shape index (κ3) is 2.41. The van der Waals surface area contributed by atoms with E-state index in [0.29, 0.717) is 13.2 Å². The van der Waals surface area contributed by atoms with E-state index < -0.39 is 0 Å². The smallest absolute Gasteiger partial charge is 0.249 e. The van der Waals surface area contributed by atoms with E-state index in [1.807, 2.05) is 17.7 Å². The van der Waals surface area contributed by atoms with E-state index in [2.05, 4.69) is 10.4 Å². The second kappa shape index (κ2) is 5.12. The molecule has 1 N–H and O–H groups in total. The first-order valence-corrected chi connectivity index (χ1v) is 5.71. The molecule has 1 amide bonds. The van der Waals surface area contributed by atoms with Crippen LogP contribution in [-0.2, 0) is 22.6 Å². The molecule has 0 unspecified atom stereocenters. The Bertz CT molecular complexity index is 356. The molecule has 1 aliphatic rings. The quantitative estimate of drug-likeness (QED) is 0.817. The summed E-state index contributed by atoms with van der Waals surface area (Å²) < 4.78 is 7.18. The fourth-order valence-corrected chi connectivity index (χ4v) is 1.87. The Labute approximate surface area is 94.8 Å². The van der Waals surface area contributed by atoms with E-state index in [9.17, 15) is 4.79 Å². The van der Waals surface area contributed by atoms with Gasteiger partial charge in [0.25, 0.3) is 0 Å². The lowest BCUT2D eigenvalue weighted by atomic mass is 10.2. The molecular formula is C11H17N3O2. The van der Waals surface area contributed by atoms with Crippen molar-refractivity contribution in [1.82, 2.24) is 15.1 Å². The molecule has 16 heavy (non-hydrogen) atoms. The maximum absolute atomic E-state index is 11.7. The van der Waals surface area contributed by atoms with Gasteiger partial charge in [0.1, 0.15) is 6.10 Å². The first-order valence-electron chi connectivity index (χ1n) is 5.71. The van der Waals surface area contributed by atoms with Crippen molar-refractivity contribution in [2.24, 2.45) is 0 Å². The van der Waals surface area contributed by atoms with Crippen LogP contribution in [0, 0.1) is 0 Å². The zero-order chi connectivity index (χ0) is 11.4.